The van der Waals surface area contributed by atoms with Crippen molar-refractivity contribution in [3.05, 3.63) is 24.3 Å². The van der Waals surface area contributed by atoms with Crippen LogP contribution in [0.4, 0.5) is 10.5 Å². The summed E-state index contributed by atoms with van der Waals surface area (Å²) < 4.78 is 10.9. The van der Waals surface area contributed by atoms with Gasteiger partial charge in [0.05, 0.1) is 0 Å². The number of rotatable bonds is 6. The number of carbonyl (C=O) groups is 1. The van der Waals surface area contributed by atoms with Crippen molar-refractivity contribution in [3.63, 3.8) is 0 Å². The van der Waals surface area contributed by atoms with Crippen LogP contribution in [0.5, 0.6) is 5.75 Å². The normalized spacial score (nSPS) is 20.7. The van der Waals surface area contributed by atoms with Crippen LogP contribution in [0.2, 0.25) is 0 Å². The number of benzene rings is 1. The van der Waals surface area contributed by atoms with Crippen LogP contribution < -0.4 is 15.4 Å². The van der Waals surface area contributed by atoms with E-state index in [4.69, 9.17) is 9.47 Å². The molecule has 1 fully saturated rings. The zero-order valence-corrected chi connectivity index (χ0v) is 15.7. The molecule has 2 N–H and O–H groups in total. The number of nitrogens with one attached hydrogen (secondary N) is 2. The van der Waals surface area contributed by atoms with Gasteiger partial charge in [-0.15, -0.1) is 0 Å². The number of carbonyl (C=O) groups excluding carboxylic acids is 1. The van der Waals surface area contributed by atoms with Crippen molar-refractivity contribution >= 4 is 23.5 Å². The Kier molecular flexibility index (Phi) is 6.80. The van der Waals surface area contributed by atoms with E-state index in [-0.39, 0.29) is 0 Å². The van der Waals surface area contributed by atoms with Gasteiger partial charge in [-0.05, 0) is 56.7 Å². The molecule has 0 aromatic heterocycles. The van der Waals surface area contributed by atoms with Gasteiger partial charge in [0.25, 0.3) is 0 Å². The smallest absolute Gasteiger partial charge is 0.412 e. The molecule has 0 aliphatic carbocycles. The number of anilines is 1. The zero-order valence-electron chi connectivity index (χ0n) is 14.9. The average molecular weight is 353 g/mol. The lowest BCUT2D eigenvalue weighted by atomic mass is 10.1. The Morgan fingerprint density at radius 2 is 1.96 bits per heavy atom. The van der Waals surface area contributed by atoms with Gasteiger partial charge in [0, 0.05) is 24.0 Å². The molecular weight excluding hydrogens is 324 g/mol. The van der Waals surface area contributed by atoms with Gasteiger partial charge in [-0.3, -0.25) is 5.32 Å². The van der Waals surface area contributed by atoms with E-state index >= 15 is 0 Å². The fourth-order valence-corrected chi connectivity index (χ4v) is 3.83. The third-order valence-corrected chi connectivity index (χ3v) is 5.00. The number of ether oxygens (including phenoxy) is 2. The lowest BCUT2D eigenvalue weighted by molar-refractivity contribution is 0.0636. The van der Waals surface area contributed by atoms with E-state index in [1.807, 2.05) is 56.8 Å². The molecule has 24 heavy (non-hydrogen) atoms. The summed E-state index contributed by atoms with van der Waals surface area (Å²) in [5, 5.41) is 6.24. The molecule has 134 valence electrons. The Labute approximate surface area is 148 Å². The van der Waals surface area contributed by atoms with Crippen molar-refractivity contribution in [2.75, 3.05) is 30.0 Å². The SMILES string of the molecule is CC1CSCC1NCCOc1ccc(NC(=O)OC(C)(C)C)cc1. The lowest BCUT2D eigenvalue weighted by Gasteiger charge is -2.19. The molecule has 1 heterocycles. The Balaban J connectivity index is 1.69. The fourth-order valence-electron chi connectivity index (χ4n) is 2.39. The lowest BCUT2D eigenvalue weighted by Crippen LogP contribution is -2.36. The van der Waals surface area contributed by atoms with Crippen molar-refractivity contribution in [2.45, 2.75) is 39.3 Å². The standard InChI is InChI=1S/C18H28N2O3S/c1-13-11-24-12-16(13)19-9-10-22-15-7-5-14(6-8-15)20-17(21)23-18(2,3)4/h5-8,13,16,19H,9-12H2,1-4H3,(H,20,21). The maximum absolute atomic E-state index is 11.7. The van der Waals surface area contributed by atoms with Crippen LogP contribution in [0.1, 0.15) is 27.7 Å². The molecule has 6 heteroatoms. The van der Waals surface area contributed by atoms with E-state index in [0.29, 0.717) is 18.3 Å². The van der Waals surface area contributed by atoms with Gasteiger partial charge in [-0.25, -0.2) is 4.79 Å². The first-order valence-electron chi connectivity index (χ1n) is 8.37. The second kappa shape index (κ2) is 8.62. The molecule has 2 unspecified atom stereocenters. The number of hydrogen-bond acceptors (Lipinski definition) is 5. The van der Waals surface area contributed by atoms with Crippen LogP contribution in [0.15, 0.2) is 24.3 Å². The van der Waals surface area contributed by atoms with Crippen LogP contribution in [0.3, 0.4) is 0 Å². The predicted octanol–water partition coefficient (Wildman–Crippen LogP) is 3.75. The minimum Gasteiger partial charge on any atom is -0.492 e. The Morgan fingerprint density at radius 1 is 1.25 bits per heavy atom. The topological polar surface area (TPSA) is 59.6 Å². The molecule has 1 aliphatic heterocycles. The highest BCUT2D eigenvalue weighted by molar-refractivity contribution is 7.99. The molecule has 5 nitrogen and oxygen atoms in total. The molecular formula is C18H28N2O3S. The quantitative estimate of drug-likeness (QED) is 0.764. The molecule has 2 rings (SSSR count). The Morgan fingerprint density at radius 3 is 2.54 bits per heavy atom. The molecule has 0 saturated carbocycles. The van der Waals surface area contributed by atoms with E-state index in [9.17, 15) is 4.79 Å². The highest BCUT2D eigenvalue weighted by atomic mass is 32.2. The van der Waals surface area contributed by atoms with Crippen LogP contribution in [0, 0.1) is 5.92 Å². The molecule has 1 amide bonds. The van der Waals surface area contributed by atoms with Gasteiger partial charge in [0.2, 0.25) is 0 Å². The third-order valence-electron chi connectivity index (χ3n) is 3.64. The summed E-state index contributed by atoms with van der Waals surface area (Å²) in [5.74, 6) is 3.95. The summed E-state index contributed by atoms with van der Waals surface area (Å²) in [7, 11) is 0. The highest BCUT2D eigenvalue weighted by Crippen LogP contribution is 2.23. The summed E-state index contributed by atoms with van der Waals surface area (Å²) in [4.78, 5) is 11.7. The van der Waals surface area contributed by atoms with Crippen molar-refractivity contribution in [1.29, 1.82) is 0 Å². The minimum absolute atomic E-state index is 0.455. The molecule has 1 saturated heterocycles. The first-order chi connectivity index (χ1) is 11.3. The van der Waals surface area contributed by atoms with Gasteiger partial charge in [-0.1, -0.05) is 6.92 Å². The first-order valence-corrected chi connectivity index (χ1v) is 9.53. The summed E-state index contributed by atoms with van der Waals surface area (Å²) in [5.41, 5.74) is 0.182. The van der Waals surface area contributed by atoms with Crippen LogP contribution in [-0.4, -0.2) is 42.4 Å². The van der Waals surface area contributed by atoms with Gasteiger partial charge in [-0.2, -0.15) is 11.8 Å². The predicted molar refractivity (Wildman–Crippen MR) is 100 cm³/mol. The van der Waals surface area contributed by atoms with E-state index in [2.05, 4.69) is 17.6 Å². The van der Waals surface area contributed by atoms with Crippen molar-refractivity contribution in [2.24, 2.45) is 5.92 Å². The largest absolute Gasteiger partial charge is 0.492 e. The van der Waals surface area contributed by atoms with E-state index in [0.717, 1.165) is 18.2 Å². The van der Waals surface area contributed by atoms with Crippen molar-refractivity contribution in [3.8, 4) is 5.75 Å². The van der Waals surface area contributed by atoms with Gasteiger partial charge in [0.15, 0.2) is 0 Å². The number of thioether (sulfide) groups is 1. The molecule has 0 spiro atoms. The van der Waals surface area contributed by atoms with Crippen LogP contribution >= 0.6 is 11.8 Å². The molecule has 1 aliphatic rings. The zero-order chi connectivity index (χ0) is 17.6. The maximum Gasteiger partial charge on any atom is 0.412 e. The minimum atomic E-state index is -0.505. The van der Waals surface area contributed by atoms with Crippen molar-refractivity contribution in [1.82, 2.24) is 5.32 Å². The number of hydrogen-bond donors (Lipinski definition) is 2. The Hall–Kier alpha value is -1.40. The average Bonchev–Trinajstić information content (AvgIpc) is 2.89. The summed E-state index contributed by atoms with van der Waals surface area (Å²) in [6.45, 7) is 9.27. The van der Waals surface area contributed by atoms with E-state index in [1.54, 1.807) is 0 Å². The fraction of sp³-hybridized carbons (Fsp3) is 0.611. The van der Waals surface area contributed by atoms with Gasteiger partial charge >= 0.3 is 6.09 Å². The monoisotopic (exact) mass is 352 g/mol. The Bertz CT molecular complexity index is 528. The summed E-state index contributed by atoms with van der Waals surface area (Å²) >= 11 is 2.01. The van der Waals surface area contributed by atoms with Crippen LogP contribution in [0.25, 0.3) is 0 Å². The first kappa shape index (κ1) is 18.9. The van der Waals surface area contributed by atoms with Gasteiger partial charge in [0.1, 0.15) is 18.0 Å². The molecule has 0 bridgehead atoms. The molecule has 0 radical (unpaired) electrons. The van der Waals surface area contributed by atoms with E-state index < -0.39 is 11.7 Å². The second-order valence-corrected chi connectivity index (χ2v) is 8.15. The summed E-state index contributed by atoms with van der Waals surface area (Å²) in [6.07, 6.45) is -0.455. The number of amides is 1. The molecule has 1 aromatic carbocycles. The van der Waals surface area contributed by atoms with Crippen molar-refractivity contribution < 1.29 is 14.3 Å². The second-order valence-electron chi connectivity index (χ2n) is 7.08. The van der Waals surface area contributed by atoms with Gasteiger partial charge < -0.3 is 14.8 Å². The molecule has 1 aromatic rings. The third kappa shape index (κ3) is 6.61. The van der Waals surface area contributed by atoms with E-state index in [1.165, 1.54) is 11.5 Å². The van der Waals surface area contributed by atoms with Crippen LogP contribution in [-0.2, 0) is 4.74 Å². The maximum atomic E-state index is 11.7. The molecule has 2 atom stereocenters. The summed E-state index contributed by atoms with van der Waals surface area (Å²) in [6, 6.07) is 7.91. The highest BCUT2D eigenvalue weighted by Gasteiger charge is 2.22.